The second-order valence-corrected chi connectivity index (χ2v) is 2.86. The van der Waals surface area contributed by atoms with E-state index in [1.165, 1.54) is 5.46 Å². The summed E-state index contributed by atoms with van der Waals surface area (Å²) in [4.78, 5) is 1.08. The molecule has 0 rings (SSSR count). The zero-order valence-corrected chi connectivity index (χ0v) is 6.35. The van der Waals surface area contributed by atoms with Gasteiger partial charge in [0.1, 0.15) is 0 Å². The molecule has 0 aromatic carbocycles. The van der Waals surface area contributed by atoms with Crippen LogP contribution in [0.3, 0.4) is 0 Å². The maximum atomic E-state index is 4.87. The fraction of sp³-hybridized carbons (Fsp3) is 0.667. The van der Waals surface area contributed by atoms with Gasteiger partial charge in [0.05, 0.1) is 0 Å². The number of hydrogen-bond acceptors (Lipinski definition) is 1. The summed E-state index contributed by atoms with van der Waals surface area (Å²) in [5.41, 5.74) is 1.22. The first-order chi connectivity index (χ1) is 3.63. The quantitative estimate of drug-likeness (QED) is 0.405. The molecule has 0 radical (unpaired) electrons. The molecule has 0 atom stereocenters. The van der Waals surface area contributed by atoms with E-state index in [9.17, 15) is 0 Å². The maximum absolute atomic E-state index is 4.87. The third kappa shape index (κ3) is 6.02. The second-order valence-electron chi connectivity index (χ2n) is 2.16. The molecule has 0 saturated carbocycles. The summed E-state index contributed by atoms with van der Waals surface area (Å²) < 4.78 is 0. The van der Waals surface area contributed by atoms with E-state index in [4.69, 9.17) is 12.2 Å². The monoisotopic (exact) mass is 126 g/mol. The van der Waals surface area contributed by atoms with Crippen molar-refractivity contribution in [3.63, 3.8) is 0 Å². The summed E-state index contributed by atoms with van der Waals surface area (Å²) in [5.74, 6) is 0. The van der Waals surface area contributed by atoms with Gasteiger partial charge < -0.3 is 0 Å². The zero-order chi connectivity index (χ0) is 6.57. The summed E-state index contributed by atoms with van der Waals surface area (Å²) in [6, 6.07) is 0. The minimum atomic E-state index is 1.02. The van der Waals surface area contributed by atoms with Gasteiger partial charge >= 0.3 is 56.7 Å². The van der Waals surface area contributed by atoms with Crippen LogP contribution in [0, 0.1) is 0 Å². The van der Waals surface area contributed by atoms with Gasteiger partial charge in [-0.15, -0.1) is 0 Å². The van der Waals surface area contributed by atoms with Gasteiger partial charge in [0.15, 0.2) is 0 Å². The number of thiocarbonyl (C=S) groups is 1. The first kappa shape index (κ1) is 8.02. The molecular weight excluding hydrogens is 115 g/mol. The van der Waals surface area contributed by atoms with Crippen LogP contribution in [0.2, 0.25) is 0 Å². The van der Waals surface area contributed by atoms with Crippen molar-refractivity contribution in [3.05, 3.63) is 0 Å². The van der Waals surface area contributed by atoms with Gasteiger partial charge in [-0.25, -0.2) is 0 Å². The topological polar surface area (TPSA) is 0 Å². The van der Waals surface area contributed by atoms with Crippen LogP contribution in [0.15, 0.2) is 0 Å². The average Bonchev–Trinajstić information content (AvgIpc) is 1.61. The first-order valence-electron chi connectivity index (χ1n) is 2.76. The van der Waals surface area contributed by atoms with Crippen molar-refractivity contribution in [2.24, 2.45) is 0 Å². The van der Waals surface area contributed by atoms with Crippen LogP contribution >= 0.6 is 12.2 Å². The van der Waals surface area contributed by atoms with Crippen molar-refractivity contribution < 1.29 is 0 Å². The van der Waals surface area contributed by atoms with Gasteiger partial charge in [-0.1, -0.05) is 0 Å². The Balaban J connectivity index is 3.18. The molecule has 8 heavy (non-hydrogen) atoms. The van der Waals surface area contributed by atoms with E-state index in [0.717, 1.165) is 17.7 Å². The second kappa shape index (κ2) is 3.96. The van der Waals surface area contributed by atoms with Crippen molar-refractivity contribution in [2.45, 2.75) is 26.7 Å². The standard InChI is InChI=1S/C6H11BS/c1-5(7)3-4-6(2)8/h7H,3-4H2,1-2H3. The fourth-order valence-corrected chi connectivity index (χ4v) is 0.491. The van der Waals surface area contributed by atoms with Gasteiger partial charge in [0, 0.05) is 0 Å². The zero-order valence-electron chi connectivity index (χ0n) is 5.53. The Labute approximate surface area is 57.4 Å². The minimum absolute atomic E-state index is 1.02. The van der Waals surface area contributed by atoms with Crippen molar-refractivity contribution in [2.75, 3.05) is 0 Å². The van der Waals surface area contributed by atoms with Crippen molar-refractivity contribution >= 4 is 30.0 Å². The third-order valence-electron chi connectivity index (χ3n) is 0.904. The van der Waals surface area contributed by atoms with Gasteiger partial charge in [-0.2, -0.15) is 0 Å². The van der Waals surface area contributed by atoms with E-state index < -0.39 is 0 Å². The molecule has 0 amide bonds. The van der Waals surface area contributed by atoms with E-state index in [-0.39, 0.29) is 0 Å². The van der Waals surface area contributed by atoms with Crippen molar-refractivity contribution in [1.29, 1.82) is 0 Å². The molecule has 0 fully saturated rings. The molecule has 2 heteroatoms. The van der Waals surface area contributed by atoms with Crippen molar-refractivity contribution in [3.8, 4) is 0 Å². The van der Waals surface area contributed by atoms with E-state index >= 15 is 0 Å². The fourth-order valence-electron chi connectivity index (χ4n) is 0.389. The Morgan fingerprint density at radius 2 is 1.88 bits per heavy atom. The van der Waals surface area contributed by atoms with Crippen LogP contribution in [0.5, 0.6) is 0 Å². The predicted molar refractivity (Wildman–Crippen MR) is 45.3 cm³/mol. The summed E-state index contributed by atoms with van der Waals surface area (Å²) in [6.45, 7) is 4.00. The molecule has 0 bridgehead atoms. The summed E-state index contributed by atoms with van der Waals surface area (Å²) >= 11 is 4.87. The van der Waals surface area contributed by atoms with Crippen LogP contribution in [-0.2, 0) is 0 Å². The molecule has 0 aromatic heterocycles. The van der Waals surface area contributed by atoms with Crippen LogP contribution in [0.25, 0.3) is 0 Å². The van der Waals surface area contributed by atoms with Gasteiger partial charge in [-0.3, -0.25) is 0 Å². The third-order valence-corrected chi connectivity index (χ3v) is 1.11. The molecule has 0 aliphatic heterocycles. The molecule has 0 saturated heterocycles. The molecule has 0 nitrogen and oxygen atoms in total. The Morgan fingerprint density at radius 3 is 2.00 bits per heavy atom. The predicted octanol–water partition coefficient (Wildman–Crippen LogP) is 1.25. The Hall–Kier alpha value is 0.0249. The van der Waals surface area contributed by atoms with E-state index in [1.807, 2.05) is 13.8 Å². The van der Waals surface area contributed by atoms with Crippen LogP contribution in [0.1, 0.15) is 26.7 Å². The normalized spacial score (nSPS) is 8.62. The summed E-state index contributed by atoms with van der Waals surface area (Å²) in [5, 5.41) is 0. The first-order valence-corrected chi connectivity index (χ1v) is 3.17. The molecular formula is C6H11BS. The molecule has 0 aromatic rings. The van der Waals surface area contributed by atoms with Gasteiger partial charge in [-0.05, 0) is 0 Å². The number of hydrogen-bond donors (Lipinski definition) is 0. The Morgan fingerprint density at radius 1 is 1.38 bits per heavy atom. The number of rotatable bonds is 3. The van der Waals surface area contributed by atoms with Crippen LogP contribution in [-0.4, -0.2) is 17.8 Å². The van der Waals surface area contributed by atoms with E-state index in [2.05, 4.69) is 7.49 Å². The summed E-state index contributed by atoms with van der Waals surface area (Å²) in [7, 11) is 3.77. The van der Waals surface area contributed by atoms with Gasteiger partial charge in [0.25, 0.3) is 0 Å². The molecule has 0 spiro atoms. The van der Waals surface area contributed by atoms with Gasteiger partial charge in [0.2, 0.25) is 0 Å². The Kier molecular flexibility index (Phi) is 3.97. The van der Waals surface area contributed by atoms with E-state index in [1.54, 1.807) is 0 Å². The van der Waals surface area contributed by atoms with Crippen LogP contribution < -0.4 is 0 Å². The summed E-state index contributed by atoms with van der Waals surface area (Å²) in [6.07, 6.45) is 2.07. The SMILES string of the molecule is B=C(C)CCC(C)=S. The van der Waals surface area contributed by atoms with Crippen LogP contribution in [0.4, 0.5) is 0 Å². The molecule has 0 N–H and O–H groups in total. The average molecular weight is 126 g/mol. The molecule has 0 aliphatic carbocycles. The molecule has 0 heterocycles. The molecule has 44 valence electrons. The van der Waals surface area contributed by atoms with Crippen molar-refractivity contribution in [1.82, 2.24) is 0 Å². The van der Waals surface area contributed by atoms with E-state index in [0.29, 0.717) is 0 Å². The Bertz CT molecular complexity index is 93.1. The molecule has 0 unspecified atom stereocenters. The molecule has 0 aliphatic rings.